The number of benzene rings is 2. The van der Waals surface area contributed by atoms with E-state index in [0.29, 0.717) is 18.7 Å². The van der Waals surface area contributed by atoms with Gasteiger partial charge in [-0.05, 0) is 36.4 Å². The molecule has 2 aromatic carbocycles. The zero-order chi connectivity index (χ0) is 20.0. The third-order valence-electron chi connectivity index (χ3n) is 3.87. The van der Waals surface area contributed by atoms with Crippen molar-refractivity contribution < 1.29 is 18.8 Å². The topological polar surface area (TPSA) is 84.7 Å². The average Bonchev–Trinajstić information content (AvgIpc) is 2.62. The number of methoxy groups -OCH3 is 1. The van der Waals surface area contributed by atoms with E-state index in [1.54, 1.807) is 11.0 Å². The third kappa shape index (κ3) is 5.63. The number of likely N-dealkylation sites (N-methyl/N-ethyl adjacent to an activating group) is 1. The predicted octanol–water partition coefficient (Wildman–Crippen LogP) is 3.86. The van der Waals surface area contributed by atoms with E-state index in [9.17, 15) is 19.3 Å². The van der Waals surface area contributed by atoms with Gasteiger partial charge in [0, 0.05) is 17.6 Å². The van der Waals surface area contributed by atoms with Gasteiger partial charge in [0.2, 0.25) is 5.91 Å². The number of amides is 1. The van der Waals surface area contributed by atoms with E-state index in [1.807, 2.05) is 6.92 Å². The van der Waals surface area contributed by atoms with Crippen molar-refractivity contribution in [2.75, 3.05) is 25.5 Å². The summed E-state index contributed by atoms with van der Waals surface area (Å²) in [5.41, 5.74) is 0.470. The second-order valence-electron chi connectivity index (χ2n) is 5.74. The Morgan fingerprint density at radius 2 is 2.07 bits per heavy atom. The molecular weight excluding hydrogens is 377 g/mol. The highest BCUT2D eigenvalue weighted by Gasteiger charge is 2.18. The standard InChI is InChI=1S/C18H19ClFN3O4/c1-3-22(10-12-4-7-17(27-2)14(20)8-12)11-18(24)21-15-6-5-13(19)9-16(15)23(25)26/h4-9H,3,10-11H2,1-2H3,(H,21,24). The van der Waals surface area contributed by atoms with Crippen LogP contribution in [0.4, 0.5) is 15.8 Å². The summed E-state index contributed by atoms with van der Waals surface area (Å²) >= 11 is 5.76. The van der Waals surface area contributed by atoms with Crippen molar-refractivity contribution in [3.05, 3.63) is 62.9 Å². The fourth-order valence-electron chi connectivity index (χ4n) is 2.50. The second-order valence-corrected chi connectivity index (χ2v) is 6.18. The van der Waals surface area contributed by atoms with Crippen molar-refractivity contribution in [1.29, 1.82) is 0 Å². The third-order valence-corrected chi connectivity index (χ3v) is 4.10. The van der Waals surface area contributed by atoms with Crippen molar-refractivity contribution >= 4 is 28.9 Å². The molecule has 7 nitrogen and oxygen atoms in total. The molecule has 0 aliphatic rings. The zero-order valence-corrected chi connectivity index (χ0v) is 15.6. The molecule has 2 aromatic rings. The van der Waals surface area contributed by atoms with Gasteiger partial charge in [0.1, 0.15) is 5.69 Å². The second kappa shape index (κ2) is 9.29. The van der Waals surface area contributed by atoms with Gasteiger partial charge < -0.3 is 10.1 Å². The Hall–Kier alpha value is -2.71. The first kappa shape index (κ1) is 20.6. The van der Waals surface area contributed by atoms with Crippen molar-refractivity contribution in [1.82, 2.24) is 4.90 Å². The van der Waals surface area contributed by atoms with Crippen LogP contribution in [-0.2, 0) is 11.3 Å². The molecule has 0 heterocycles. The molecular formula is C18H19ClFN3O4. The highest BCUT2D eigenvalue weighted by atomic mass is 35.5. The molecule has 0 spiro atoms. The van der Waals surface area contributed by atoms with Gasteiger partial charge >= 0.3 is 0 Å². The van der Waals surface area contributed by atoms with Gasteiger partial charge in [-0.15, -0.1) is 0 Å². The Morgan fingerprint density at radius 3 is 2.67 bits per heavy atom. The number of nitrogens with one attached hydrogen (secondary N) is 1. The number of hydrogen-bond acceptors (Lipinski definition) is 5. The van der Waals surface area contributed by atoms with Gasteiger partial charge in [-0.2, -0.15) is 0 Å². The quantitative estimate of drug-likeness (QED) is 0.542. The number of nitro benzene ring substituents is 1. The lowest BCUT2D eigenvalue weighted by Gasteiger charge is -2.20. The Labute approximate surface area is 160 Å². The maximum absolute atomic E-state index is 13.8. The molecule has 1 N–H and O–H groups in total. The molecule has 0 unspecified atom stereocenters. The molecule has 2 rings (SSSR count). The molecule has 0 fully saturated rings. The lowest BCUT2D eigenvalue weighted by atomic mass is 10.2. The highest BCUT2D eigenvalue weighted by Crippen LogP contribution is 2.27. The number of halogens is 2. The molecule has 0 atom stereocenters. The molecule has 0 saturated carbocycles. The maximum atomic E-state index is 13.8. The summed E-state index contributed by atoms with van der Waals surface area (Å²) in [5, 5.41) is 13.8. The lowest BCUT2D eigenvalue weighted by molar-refractivity contribution is -0.383. The fourth-order valence-corrected chi connectivity index (χ4v) is 2.67. The first-order valence-electron chi connectivity index (χ1n) is 8.12. The molecule has 1 amide bonds. The predicted molar refractivity (Wildman–Crippen MR) is 101 cm³/mol. The fraction of sp³-hybridized carbons (Fsp3) is 0.278. The van der Waals surface area contributed by atoms with Crippen LogP contribution in [0.3, 0.4) is 0 Å². The number of nitrogens with zero attached hydrogens (tertiary/aromatic N) is 2. The zero-order valence-electron chi connectivity index (χ0n) is 14.9. The SMILES string of the molecule is CCN(CC(=O)Nc1ccc(Cl)cc1[N+](=O)[O-])Cc1ccc(OC)c(F)c1. The van der Waals surface area contributed by atoms with Crippen molar-refractivity contribution in [3.63, 3.8) is 0 Å². The van der Waals surface area contributed by atoms with Crippen LogP contribution in [0.5, 0.6) is 5.75 Å². The van der Waals surface area contributed by atoms with Crippen LogP contribution >= 0.6 is 11.6 Å². The van der Waals surface area contributed by atoms with Crippen LogP contribution in [0, 0.1) is 15.9 Å². The van der Waals surface area contributed by atoms with E-state index >= 15 is 0 Å². The summed E-state index contributed by atoms with van der Waals surface area (Å²) < 4.78 is 18.7. The van der Waals surface area contributed by atoms with Gasteiger partial charge in [0.15, 0.2) is 11.6 Å². The average molecular weight is 396 g/mol. The van der Waals surface area contributed by atoms with E-state index < -0.39 is 16.6 Å². The van der Waals surface area contributed by atoms with Crippen LogP contribution in [0.25, 0.3) is 0 Å². The molecule has 0 bridgehead atoms. The monoisotopic (exact) mass is 395 g/mol. The van der Waals surface area contributed by atoms with Crippen LogP contribution < -0.4 is 10.1 Å². The number of carbonyl (C=O) groups excluding carboxylic acids is 1. The minimum absolute atomic E-state index is 0.00999. The van der Waals surface area contributed by atoms with Gasteiger partial charge in [-0.1, -0.05) is 24.6 Å². The summed E-state index contributed by atoms with van der Waals surface area (Å²) in [7, 11) is 1.39. The van der Waals surface area contributed by atoms with Gasteiger partial charge in [-0.25, -0.2) is 4.39 Å². The van der Waals surface area contributed by atoms with Gasteiger partial charge in [0.25, 0.3) is 5.69 Å². The number of nitro groups is 1. The molecule has 144 valence electrons. The summed E-state index contributed by atoms with van der Waals surface area (Å²) in [6.45, 7) is 2.72. The van der Waals surface area contributed by atoms with Crippen molar-refractivity contribution in [2.24, 2.45) is 0 Å². The molecule has 0 saturated heterocycles. The van der Waals surface area contributed by atoms with E-state index in [-0.39, 0.29) is 28.7 Å². The summed E-state index contributed by atoms with van der Waals surface area (Å²) in [6.07, 6.45) is 0. The largest absolute Gasteiger partial charge is 0.494 e. The molecule has 9 heteroatoms. The minimum Gasteiger partial charge on any atom is -0.494 e. The summed E-state index contributed by atoms with van der Waals surface area (Å²) in [4.78, 5) is 24.6. The maximum Gasteiger partial charge on any atom is 0.294 e. The smallest absolute Gasteiger partial charge is 0.294 e. The minimum atomic E-state index is -0.612. The number of rotatable bonds is 8. The first-order chi connectivity index (χ1) is 12.8. The Kier molecular flexibility index (Phi) is 7.09. The van der Waals surface area contributed by atoms with Crippen molar-refractivity contribution in [2.45, 2.75) is 13.5 Å². The van der Waals surface area contributed by atoms with E-state index in [1.165, 1.54) is 37.4 Å². The lowest BCUT2D eigenvalue weighted by Crippen LogP contribution is -2.32. The van der Waals surface area contributed by atoms with Gasteiger partial charge in [0.05, 0.1) is 18.6 Å². The normalized spacial score (nSPS) is 10.7. The Morgan fingerprint density at radius 1 is 1.33 bits per heavy atom. The van der Waals surface area contributed by atoms with E-state index in [4.69, 9.17) is 16.3 Å². The Bertz CT molecular complexity index is 847. The van der Waals surface area contributed by atoms with Gasteiger partial charge in [-0.3, -0.25) is 19.8 Å². The summed E-state index contributed by atoms with van der Waals surface area (Å²) in [6, 6.07) is 8.61. The molecule has 0 aromatic heterocycles. The van der Waals surface area contributed by atoms with Crippen LogP contribution in [0.2, 0.25) is 5.02 Å². The molecule has 27 heavy (non-hydrogen) atoms. The van der Waals surface area contributed by atoms with Crippen LogP contribution in [0.15, 0.2) is 36.4 Å². The summed E-state index contributed by atoms with van der Waals surface area (Å²) in [5.74, 6) is -0.752. The molecule has 0 radical (unpaired) electrons. The number of hydrogen-bond donors (Lipinski definition) is 1. The number of anilines is 1. The van der Waals surface area contributed by atoms with E-state index in [0.717, 1.165) is 0 Å². The van der Waals surface area contributed by atoms with Crippen molar-refractivity contribution in [3.8, 4) is 5.75 Å². The first-order valence-corrected chi connectivity index (χ1v) is 8.50. The number of carbonyl (C=O) groups is 1. The van der Waals surface area contributed by atoms with Crippen LogP contribution in [-0.4, -0.2) is 35.9 Å². The van der Waals surface area contributed by atoms with E-state index in [2.05, 4.69) is 5.32 Å². The molecule has 0 aliphatic heterocycles. The van der Waals surface area contributed by atoms with Crippen LogP contribution in [0.1, 0.15) is 12.5 Å². The Balaban J connectivity index is 2.05. The number of ether oxygens (including phenoxy) is 1. The molecule has 0 aliphatic carbocycles. The highest BCUT2D eigenvalue weighted by molar-refractivity contribution is 6.31.